The van der Waals surface area contributed by atoms with Gasteiger partial charge in [-0.1, -0.05) is 0 Å². The van der Waals surface area contributed by atoms with Gasteiger partial charge in [-0.25, -0.2) is 13.1 Å². The topological polar surface area (TPSA) is 104 Å². The summed E-state index contributed by atoms with van der Waals surface area (Å²) >= 11 is 0. The molecule has 11 heteroatoms. The summed E-state index contributed by atoms with van der Waals surface area (Å²) in [6, 6.07) is 0. The predicted molar refractivity (Wildman–Crippen MR) is 62.3 cm³/mol. The van der Waals surface area contributed by atoms with Crippen molar-refractivity contribution in [1.29, 1.82) is 0 Å². The van der Waals surface area contributed by atoms with Crippen molar-refractivity contribution in [2.24, 2.45) is 0 Å². The number of rotatable bonds is 5. The predicted octanol–water partition coefficient (Wildman–Crippen LogP) is -0.0167. The van der Waals surface area contributed by atoms with Crippen molar-refractivity contribution in [3.05, 3.63) is 11.4 Å². The Morgan fingerprint density at radius 3 is 2.35 bits per heavy atom. The molecular formula is C9H13F3N4O3S. The van der Waals surface area contributed by atoms with Gasteiger partial charge >= 0.3 is 12.1 Å². The van der Waals surface area contributed by atoms with Crippen molar-refractivity contribution in [3.8, 4) is 0 Å². The Morgan fingerprint density at radius 2 is 1.90 bits per heavy atom. The van der Waals surface area contributed by atoms with Crippen LogP contribution in [0.4, 0.5) is 13.2 Å². The molecule has 1 amide bonds. The largest absolute Gasteiger partial charge is 0.471 e. The molecule has 1 rings (SSSR count). The van der Waals surface area contributed by atoms with E-state index in [4.69, 9.17) is 0 Å². The summed E-state index contributed by atoms with van der Waals surface area (Å²) in [5.41, 5.74) is 0.559. The highest BCUT2D eigenvalue weighted by Crippen LogP contribution is 2.16. The molecule has 0 radical (unpaired) electrons. The van der Waals surface area contributed by atoms with Crippen LogP contribution in [-0.2, 0) is 14.8 Å². The number of alkyl halides is 3. The minimum absolute atomic E-state index is 0.0559. The number of halogens is 3. The van der Waals surface area contributed by atoms with E-state index in [9.17, 15) is 26.4 Å². The summed E-state index contributed by atoms with van der Waals surface area (Å²) in [6.45, 7) is 2.13. The normalized spacial score (nSPS) is 12.4. The van der Waals surface area contributed by atoms with Gasteiger partial charge in [0.15, 0.2) is 0 Å². The van der Waals surface area contributed by atoms with Crippen LogP contribution in [0.1, 0.15) is 11.4 Å². The summed E-state index contributed by atoms with van der Waals surface area (Å²) in [6.07, 6.45) is -4.99. The van der Waals surface area contributed by atoms with E-state index in [0.29, 0.717) is 5.69 Å². The third-order valence-corrected chi connectivity index (χ3v) is 4.01. The van der Waals surface area contributed by atoms with E-state index in [2.05, 4.69) is 14.9 Å². The first-order valence-electron chi connectivity index (χ1n) is 5.42. The number of sulfonamides is 1. The van der Waals surface area contributed by atoms with Crippen LogP contribution in [0.25, 0.3) is 0 Å². The highest BCUT2D eigenvalue weighted by molar-refractivity contribution is 7.89. The van der Waals surface area contributed by atoms with Crippen molar-refractivity contribution < 1.29 is 26.4 Å². The number of aromatic nitrogens is 2. The van der Waals surface area contributed by atoms with Crippen LogP contribution in [0.15, 0.2) is 4.90 Å². The van der Waals surface area contributed by atoms with Gasteiger partial charge in [-0.15, -0.1) is 0 Å². The van der Waals surface area contributed by atoms with Gasteiger partial charge in [-0.05, 0) is 13.8 Å². The molecule has 7 nitrogen and oxygen atoms in total. The number of carbonyl (C=O) groups is 1. The van der Waals surface area contributed by atoms with Crippen molar-refractivity contribution in [2.75, 3.05) is 13.1 Å². The Balaban J connectivity index is 2.56. The quantitative estimate of drug-likeness (QED) is 0.665. The molecule has 0 saturated heterocycles. The number of nitrogens with zero attached hydrogens (tertiary/aromatic N) is 1. The summed E-state index contributed by atoms with van der Waals surface area (Å²) in [5.74, 6) is -2.12. The lowest BCUT2D eigenvalue weighted by molar-refractivity contribution is -0.173. The molecule has 0 atom stereocenters. The molecule has 0 saturated carbocycles. The third-order valence-electron chi connectivity index (χ3n) is 2.29. The molecule has 1 aromatic rings. The van der Waals surface area contributed by atoms with E-state index in [-0.39, 0.29) is 17.1 Å². The Hall–Kier alpha value is -1.62. The fourth-order valence-electron chi connectivity index (χ4n) is 1.47. The van der Waals surface area contributed by atoms with Crippen molar-refractivity contribution in [3.63, 3.8) is 0 Å². The average Bonchev–Trinajstić information content (AvgIpc) is 2.63. The standard InChI is InChI=1S/C9H13F3N4O3S/c1-5-7(6(2)16-15-5)20(18,19)14-4-3-13-8(17)9(10,11)12/h14H,3-4H2,1-2H3,(H,13,17)(H,15,16). The van der Waals surface area contributed by atoms with Gasteiger partial charge in [0, 0.05) is 13.1 Å². The van der Waals surface area contributed by atoms with Crippen molar-refractivity contribution in [1.82, 2.24) is 20.2 Å². The second-order valence-electron chi connectivity index (χ2n) is 3.91. The summed E-state index contributed by atoms with van der Waals surface area (Å²) in [7, 11) is -3.89. The minimum atomic E-state index is -4.99. The van der Waals surface area contributed by atoms with Gasteiger partial charge in [0.1, 0.15) is 4.90 Å². The van der Waals surface area contributed by atoms with Gasteiger partial charge in [-0.3, -0.25) is 9.89 Å². The van der Waals surface area contributed by atoms with Gasteiger partial charge in [0.2, 0.25) is 10.0 Å². The number of H-pyrrole nitrogens is 1. The zero-order valence-corrected chi connectivity index (χ0v) is 11.4. The molecule has 0 aliphatic carbocycles. The first-order chi connectivity index (χ1) is 9.05. The number of amides is 1. The number of nitrogens with one attached hydrogen (secondary N) is 3. The first-order valence-corrected chi connectivity index (χ1v) is 6.90. The van der Waals surface area contributed by atoms with E-state index in [1.54, 1.807) is 5.32 Å². The van der Waals surface area contributed by atoms with Gasteiger partial charge < -0.3 is 5.32 Å². The van der Waals surface area contributed by atoms with Crippen LogP contribution in [0.2, 0.25) is 0 Å². The Labute approximate surface area is 113 Å². The van der Waals surface area contributed by atoms with E-state index in [0.717, 1.165) is 0 Å². The van der Waals surface area contributed by atoms with Crippen LogP contribution in [0, 0.1) is 13.8 Å². The maximum atomic E-state index is 11.9. The summed E-state index contributed by atoms with van der Waals surface area (Å²) < 4.78 is 61.5. The monoisotopic (exact) mass is 314 g/mol. The maximum absolute atomic E-state index is 11.9. The van der Waals surface area contributed by atoms with Gasteiger partial charge in [0.25, 0.3) is 0 Å². The fourth-order valence-corrected chi connectivity index (χ4v) is 2.87. The molecule has 0 spiro atoms. The van der Waals surface area contributed by atoms with Crippen molar-refractivity contribution in [2.45, 2.75) is 24.9 Å². The van der Waals surface area contributed by atoms with Gasteiger partial charge in [0.05, 0.1) is 11.4 Å². The Morgan fingerprint density at radius 1 is 1.30 bits per heavy atom. The molecule has 0 bridgehead atoms. The fraction of sp³-hybridized carbons (Fsp3) is 0.556. The van der Waals surface area contributed by atoms with Crippen LogP contribution in [0.5, 0.6) is 0 Å². The molecule has 0 fully saturated rings. The Kier molecular flexibility index (Phi) is 4.76. The molecule has 1 heterocycles. The lowest BCUT2D eigenvalue weighted by Crippen LogP contribution is -2.41. The number of carbonyl (C=O) groups excluding carboxylic acids is 1. The van der Waals surface area contributed by atoms with E-state index in [1.807, 2.05) is 0 Å². The highest BCUT2D eigenvalue weighted by atomic mass is 32.2. The average molecular weight is 314 g/mol. The molecule has 20 heavy (non-hydrogen) atoms. The van der Waals surface area contributed by atoms with Gasteiger partial charge in [-0.2, -0.15) is 18.3 Å². The molecule has 1 aromatic heterocycles. The molecule has 3 N–H and O–H groups in total. The summed E-state index contributed by atoms with van der Waals surface area (Å²) in [5, 5.41) is 7.75. The molecule has 0 aliphatic heterocycles. The van der Waals surface area contributed by atoms with Crippen molar-refractivity contribution >= 4 is 15.9 Å². The zero-order valence-electron chi connectivity index (χ0n) is 10.6. The van der Waals surface area contributed by atoms with Crippen LogP contribution >= 0.6 is 0 Å². The van der Waals surface area contributed by atoms with Crippen LogP contribution in [-0.4, -0.2) is 43.8 Å². The van der Waals surface area contributed by atoms with E-state index < -0.39 is 28.7 Å². The first kappa shape index (κ1) is 16.4. The third kappa shape index (κ3) is 3.93. The second-order valence-corrected chi connectivity index (χ2v) is 5.62. The molecule has 0 unspecified atom stereocenters. The Bertz CT molecular complexity index is 575. The number of aromatic amines is 1. The number of hydrogen-bond donors (Lipinski definition) is 3. The molecule has 0 aliphatic rings. The lowest BCUT2D eigenvalue weighted by atomic mass is 10.4. The molecule has 0 aromatic carbocycles. The van der Waals surface area contributed by atoms with Crippen LogP contribution in [0.3, 0.4) is 0 Å². The second kappa shape index (κ2) is 5.79. The van der Waals surface area contributed by atoms with Crippen LogP contribution < -0.4 is 10.0 Å². The van der Waals surface area contributed by atoms with E-state index in [1.165, 1.54) is 13.8 Å². The minimum Gasteiger partial charge on any atom is -0.347 e. The molecule has 114 valence electrons. The smallest absolute Gasteiger partial charge is 0.347 e. The number of aryl methyl sites for hydroxylation is 2. The maximum Gasteiger partial charge on any atom is 0.471 e. The molecular weight excluding hydrogens is 301 g/mol. The lowest BCUT2D eigenvalue weighted by Gasteiger charge is -2.09. The highest BCUT2D eigenvalue weighted by Gasteiger charge is 2.38. The number of hydrogen-bond acceptors (Lipinski definition) is 4. The van der Waals surface area contributed by atoms with E-state index >= 15 is 0 Å². The summed E-state index contributed by atoms with van der Waals surface area (Å²) in [4.78, 5) is 10.4. The zero-order chi connectivity index (χ0) is 15.6. The SMILES string of the molecule is Cc1n[nH]c(C)c1S(=O)(=O)NCCNC(=O)C(F)(F)F.